The van der Waals surface area contributed by atoms with Gasteiger partial charge in [0.25, 0.3) is 0 Å². The van der Waals surface area contributed by atoms with Crippen LogP contribution in [0.3, 0.4) is 0 Å². The second kappa shape index (κ2) is 13.8. The minimum absolute atomic E-state index is 0. The maximum atomic E-state index is 5.78. The first-order valence-corrected chi connectivity index (χ1v) is 8.34. The highest BCUT2D eigenvalue weighted by Crippen LogP contribution is 2.05. The van der Waals surface area contributed by atoms with Gasteiger partial charge in [0, 0.05) is 32.9 Å². The van der Waals surface area contributed by atoms with Gasteiger partial charge < -0.3 is 15.5 Å². The molecule has 0 aromatic carbocycles. The molecule has 7 heteroatoms. The lowest BCUT2D eigenvalue weighted by molar-refractivity contribution is 0.293. The van der Waals surface area contributed by atoms with Gasteiger partial charge in [0.15, 0.2) is 5.96 Å². The number of aliphatic imine (C=N–C) groups is 1. The number of pyridine rings is 1. The van der Waals surface area contributed by atoms with Gasteiger partial charge in [-0.3, -0.25) is 4.99 Å². The number of rotatable bonds is 9. The molecule has 2 N–H and O–H groups in total. The number of halogens is 2. The summed E-state index contributed by atoms with van der Waals surface area (Å²) in [5.41, 5.74) is 1.16. The molecule has 1 aromatic rings. The van der Waals surface area contributed by atoms with E-state index in [4.69, 9.17) is 11.6 Å². The van der Waals surface area contributed by atoms with E-state index in [2.05, 4.69) is 39.4 Å². The van der Waals surface area contributed by atoms with Crippen molar-refractivity contribution in [1.82, 2.24) is 20.5 Å². The molecule has 0 amide bonds. The Morgan fingerprint density at radius 2 is 1.96 bits per heavy atom. The summed E-state index contributed by atoms with van der Waals surface area (Å²) in [4.78, 5) is 10.8. The van der Waals surface area contributed by atoms with Crippen molar-refractivity contribution >= 4 is 41.5 Å². The van der Waals surface area contributed by atoms with Crippen LogP contribution < -0.4 is 10.6 Å². The predicted molar refractivity (Wildman–Crippen MR) is 110 cm³/mol. The zero-order valence-electron chi connectivity index (χ0n) is 14.3. The Hall–Kier alpha value is -0.600. The average molecular weight is 454 g/mol. The summed E-state index contributed by atoms with van der Waals surface area (Å²) in [6, 6.07) is 3.81. The zero-order chi connectivity index (χ0) is 16.2. The number of guanidine groups is 1. The summed E-state index contributed by atoms with van der Waals surface area (Å²) < 4.78 is 0. The fourth-order valence-corrected chi connectivity index (χ4v) is 2.29. The molecular weight excluding hydrogens is 425 g/mol. The molecule has 23 heavy (non-hydrogen) atoms. The standard InChI is InChI=1S/C16H28ClN5.HI/c1-4-11-22(5-2)12-10-20-16(18-3)19-9-8-14-6-7-15(17)21-13-14;/h6-7,13H,4-5,8-12H2,1-3H3,(H2,18,19,20);1H. The first kappa shape index (κ1) is 22.4. The quantitative estimate of drug-likeness (QED) is 0.261. The lowest BCUT2D eigenvalue weighted by Crippen LogP contribution is -2.42. The predicted octanol–water partition coefficient (Wildman–Crippen LogP) is 2.79. The molecule has 0 bridgehead atoms. The molecule has 0 aliphatic heterocycles. The highest BCUT2D eigenvalue weighted by atomic mass is 127. The molecule has 0 fully saturated rings. The first-order chi connectivity index (χ1) is 10.7. The maximum Gasteiger partial charge on any atom is 0.191 e. The van der Waals surface area contributed by atoms with Gasteiger partial charge in [0.05, 0.1) is 0 Å². The van der Waals surface area contributed by atoms with Crippen LogP contribution in [0.1, 0.15) is 25.8 Å². The zero-order valence-corrected chi connectivity index (χ0v) is 17.4. The van der Waals surface area contributed by atoms with Crippen molar-refractivity contribution < 1.29 is 0 Å². The van der Waals surface area contributed by atoms with Crippen LogP contribution in [0.4, 0.5) is 0 Å². The van der Waals surface area contributed by atoms with Crippen molar-refractivity contribution in [3.63, 3.8) is 0 Å². The van der Waals surface area contributed by atoms with E-state index < -0.39 is 0 Å². The minimum Gasteiger partial charge on any atom is -0.356 e. The third-order valence-electron chi connectivity index (χ3n) is 3.43. The Kier molecular flexibility index (Phi) is 13.4. The van der Waals surface area contributed by atoms with E-state index in [1.807, 2.05) is 18.3 Å². The maximum absolute atomic E-state index is 5.78. The van der Waals surface area contributed by atoms with E-state index in [1.54, 1.807) is 7.05 Å². The molecule has 132 valence electrons. The van der Waals surface area contributed by atoms with Crippen LogP contribution in [0.5, 0.6) is 0 Å². The third kappa shape index (κ3) is 9.99. The van der Waals surface area contributed by atoms with Crippen LogP contribution in [-0.2, 0) is 6.42 Å². The summed E-state index contributed by atoms with van der Waals surface area (Å²) in [6.07, 6.45) is 3.89. The van der Waals surface area contributed by atoms with Crippen molar-refractivity contribution in [3.05, 3.63) is 29.0 Å². The fraction of sp³-hybridized carbons (Fsp3) is 0.625. The fourth-order valence-electron chi connectivity index (χ4n) is 2.18. The number of likely N-dealkylation sites (N-methyl/N-ethyl adjacent to an activating group) is 1. The Balaban J connectivity index is 0.00000484. The number of hydrogen-bond acceptors (Lipinski definition) is 3. The lowest BCUT2D eigenvalue weighted by atomic mass is 10.2. The number of nitrogens with one attached hydrogen (secondary N) is 2. The van der Waals surface area contributed by atoms with Gasteiger partial charge in [-0.2, -0.15) is 0 Å². The molecule has 0 unspecified atom stereocenters. The summed E-state index contributed by atoms with van der Waals surface area (Å²) >= 11 is 5.78. The van der Waals surface area contributed by atoms with E-state index in [-0.39, 0.29) is 24.0 Å². The molecule has 0 atom stereocenters. The molecule has 0 radical (unpaired) electrons. The van der Waals surface area contributed by atoms with Crippen LogP contribution in [0.15, 0.2) is 23.3 Å². The first-order valence-electron chi connectivity index (χ1n) is 7.96. The number of hydrogen-bond donors (Lipinski definition) is 2. The molecule has 5 nitrogen and oxygen atoms in total. The molecule has 0 saturated carbocycles. The summed E-state index contributed by atoms with van der Waals surface area (Å²) in [7, 11) is 1.79. The SMILES string of the molecule is CCCN(CC)CCNC(=NC)NCCc1ccc(Cl)nc1.I. The highest BCUT2D eigenvalue weighted by Gasteiger charge is 2.02. The van der Waals surface area contributed by atoms with E-state index in [1.165, 1.54) is 6.42 Å². The van der Waals surface area contributed by atoms with Crippen molar-refractivity contribution in [3.8, 4) is 0 Å². The second-order valence-corrected chi connectivity index (χ2v) is 5.49. The molecule has 0 aliphatic carbocycles. The third-order valence-corrected chi connectivity index (χ3v) is 3.65. The van der Waals surface area contributed by atoms with Crippen molar-refractivity contribution in [2.75, 3.05) is 39.8 Å². The van der Waals surface area contributed by atoms with E-state index in [9.17, 15) is 0 Å². The Morgan fingerprint density at radius 3 is 2.52 bits per heavy atom. The van der Waals surface area contributed by atoms with Gasteiger partial charge in [0.2, 0.25) is 0 Å². The Morgan fingerprint density at radius 1 is 1.22 bits per heavy atom. The van der Waals surface area contributed by atoms with Crippen molar-refractivity contribution in [1.29, 1.82) is 0 Å². The largest absolute Gasteiger partial charge is 0.356 e. The van der Waals surface area contributed by atoms with Crippen molar-refractivity contribution in [2.24, 2.45) is 4.99 Å². The molecule has 0 saturated heterocycles. The molecule has 0 spiro atoms. The van der Waals surface area contributed by atoms with E-state index >= 15 is 0 Å². The summed E-state index contributed by atoms with van der Waals surface area (Å²) in [6.45, 7) is 9.39. The number of aromatic nitrogens is 1. The van der Waals surface area contributed by atoms with Gasteiger partial charge in [-0.1, -0.05) is 31.5 Å². The van der Waals surface area contributed by atoms with E-state index in [0.717, 1.165) is 50.7 Å². The Labute approximate surface area is 162 Å². The van der Waals surface area contributed by atoms with Gasteiger partial charge in [-0.25, -0.2) is 4.98 Å². The number of nitrogens with zero attached hydrogens (tertiary/aromatic N) is 3. The topological polar surface area (TPSA) is 52.5 Å². The molecule has 0 aliphatic rings. The van der Waals surface area contributed by atoms with E-state index in [0.29, 0.717) is 5.15 Å². The molecule has 1 rings (SSSR count). The van der Waals surface area contributed by atoms with Gasteiger partial charge in [0.1, 0.15) is 5.15 Å². The second-order valence-electron chi connectivity index (χ2n) is 5.10. The van der Waals surface area contributed by atoms with Gasteiger partial charge in [-0.15, -0.1) is 24.0 Å². The highest BCUT2D eigenvalue weighted by molar-refractivity contribution is 14.0. The van der Waals surface area contributed by atoms with Crippen LogP contribution >= 0.6 is 35.6 Å². The normalized spacial score (nSPS) is 11.3. The van der Waals surface area contributed by atoms with Crippen molar-refractivity contribution in [2.45, 2.75) is 26.7 Å². The van der Waals surface area contributed by atoms with Crippen LogP contribution in [-0.4, -0.2) is 55.6 Å². The Bertz CT molecular complexity index is 439. The van der Waals surface area contributed by atoms with Crippen LogP contribution in [0.25, 0.3) is 0 Å². The smallest absolute Gasteiger partial charge is 0.191 e. The molecular formula is C16H29ClIN5. The van der Waals surface area contributed by atoms with Crippen LogP contribution in [0.2, 0.25) is 5.15 Å². The lowest BCUT2D eigenvalue weighted by Gasteiger charge is -2.20. The summed E-state index contributed by atoms with van der Waals surface area (Å²) in [5, 5.41) is 7.19. The molecule has 1 heterocycles. The average Bonchev–Trinajstić information content (AvgIpc) is 2.54. The molecule has 1 aromatic heterocycles. The summed E-state index contributed by atoms with van der Waals surface area (Å²) in [5.74, 6) is 0.842. The minimum atomic E-state index is 0. The van der Waals surface area contributed by atoms with Gasteiger partial charge in [-0.05, 0) is 37.6 Å². The monoisotopic (exact) mass is 453 g/mol. The van der Waals surface area contributed by atoms with Gasteiger partial charge >= 0.3 is 0 Å². The van der Waals surface area contributed by atoms with Crippen LogP contribution in [0, 0.1) is 0 Å².